The zero-order chi connectivity index (χ0) is 26.9. The molecule has 37 heavy (non-hydrogen) atoms. The second-order valence-electron chi connectivity index (χ2n) is 10.4. The molecule has 1 aliphatic carbocycles. The van der Waals surface area contributed by atoms with Crippen LogP contribution in [-0.2, 0) is 21.2 Å². The molecule has 0 bridgehead atoms. The number of benzene rings is 2. The molecule has 6 nitrogen and oxygen atoms in total. The van der Waals surface area contributed by atoms with Crippen LogP contribution in [0.25, 0.3) is 0 Å². The van der Waals surface area contributed by atoms with Crippen LogP contribution in [0, 0.1) is 11.3 Å². The molecule has 3 rings (SSSR count). The van der Waals surface area contributed by atoms with Crippen molar-refractivity contribution in [2.24, 2.45) is 11.3 Å². The van der Waals surface area contributed by atoms with E-state index in [-0.39, 0.29) is 23.9 Å². The summed E-state index contributed by atoms with van der Waals surface area (Å²) in [5.74, 6) is -0.622. The van der Waals surface area contributed by atoms with Crippen LogP contribution < -0.4 is 5.32 Å². The van der Waals surface area contributed by atoms with Gasteiger partial charge in [-0.25, -0.2) is 8.42 Å². The van der Waals surface area contributed by atoms with Gasteiger partial charge in [0.1, 0.15) is 0 Å². The van der Waals surface area contributed by atoms with E-state index in [0.717, 1.165) is 48.4 Å². The molecule has 2 N–H and O–H groups in total. The van der Waals surface area contributed by atoms with Crippen molar-refractivity contribution < 1.29 is 22.7 Å². The van der Waals surface area contributed by atoms with Crippen LogP contribution in [-0.4, -0.2) is 55.6 Å². The minimum absolute atomic E-state index is 0.0737. The number of sulfonamides is 1. The zero-order valence-corrected chi connectivity index (χ0v) is 22.8. The molecule has 0 heterocycles. The molecule has 1 aliphatic rings. The number of rotatable bonds is 13. The number of carbonyl (C=O) groups excluding carboxylic acids is 1. The van der Waals surface area contributed by atoms with Crippen molar-refractivity contribution in [1.82, 2.24) is 9.62 Å². The normalized spacial score (nSPS) is 18.2. The van der Waals surface area contributed by atoms with Crippen LogP contribution in [0.3, 0.4) is 0 Å². The van der Waals surface area contributed by atoms with Gasteiger partial charge in [-0.15, -0.1) is 0 Å². The summed E-state index contributed by atoms with van der Waals surface area (Å²) in [6.07, 6.45) is 4.62. The van der Waals surface area contributed by atoms with Crippen molar-refractivity contribution in [3.63, 3.8) is 0 Å². The number of nitrogens with one attached hydrogen (secondary N) is 1. The van der Waals surface area contributed by atoms with Crippen molar-refractivity contribution in [2.75, 3.05) is 19.8 Å². The number of nitrogens with zero attached hydrogens (tertiary/aromatic N) is 1. The van der Waals surface area contributed by atoms with Crippen LogP contribution >= 0.6 is 0 Å². The average molecular weight is 533 g/mol. The number of halogens is 1. The van der Waals surface area contributed by atoms with Gasteiger partial charge in [0.2, 0.25) is 15.9 Å². The fraction of sp³-hybridized carbons (Fsp3) is 0.552. The lowest BCUT2D eigenvalue weighted by Crippen LogP contribution is -2.54. The van der Waals surface area contributed by atoms with Gasteiger partial charge < -0.3 is 10.4 Å². The highest BCUT2D eigenvalue weighted by Crippen LogP contribution is 2.39. The van der Waals surface area contributed by atoms with E-state index in [0.29, 0.717) is 6.42 Å². The highest BCUT2D eigenvalue weighted by molar-refractivity contribution is 7.89. The molecule has 3 atom stereocenters. The molecule has 0 radical (unpaired) electrons. The Bertz CT molecular complexity index is 1080. The van der Waals surface area contributed by atoms with Crippen LogP contribution in [0.2, 0.25) is 0 Å². The Morgan fingerprint density at radius 2 is 1.62 bits per heavy atom. The van der Waals surface area contributed by atoms with E-state index < -0.39 is 40.2 Å². The summed E-state index contributed by atoms with van der Waals surface area (Å²) in [4.78, 5) is 13.7. The number of hydrogen-bond donors (Lipinski definition) is 2. The summed E-state index contributed by atoms with van der Waals surface area (Å²) >= 11 is 0. The predicted octanol–water partition coefficient (Wildman–Crippen LogP) is 4.73. The van der Waals surface area contributed by atoms with Gasteiger partial charge in [-0.3, -0.25) is 9.18 Å². The first-order chi connectivity index (χ1) is 17.7. The Labute approximate surface area is 221 Å². The number of alkyl halides is 1. The first-order valence-electron chi connectivity index (χ1n) is 13.4. The SMILES string of the molecule is CCC1(C(=O)N[C@@H](Cc2ccccc2)[C@H](O)CN(CC(C)CF)S(=O)(=O)c2ccccc2)CCCCC1. The molecule has 0 spiro atoms. The second-order valence-corrected chi connectivity index (χ2v) is 12.4. The average Bonchev–Trinajstić information content (AvgIpc) is 2.93. The molecule has 0 aliphatic heterocycles. The first-order valence-corrected chi connectivity index (χ1v) is 14.8. The van der Waals surface area contributed by atoms with E-state index in [1.165, 1.54) is 12.1 Å². The van der Waals surface area contributed by atoms with Gasteiger partial charge in [-0.05, 0) is 49.3 Å². The molecule has 1 fully saturated rings. The Kier molecular flexibility index (Phi) is 10.7. The summed E-state index contributed by atoms with van der Waals surface area (Å²) < 4.78 is 41.5. The first kappa shape index (κ1) is 29.3. The van der Waals surface area contributed by atoms with Crippen LogP contribution in [0.4, 0.5) is 4.39 Å². The number of hydrogen-bond acceptors (Lipinski definition) is 4. The second kappa shape index (κ2) is 13.5. The van der Waals surface area contributed by atoms with Crippen molar-refractivity contribution in [1.29, 1.82) is 0 Å². The minimum atomic E-state index is -3.98. The summed E-state index contributed by atoms with van der Waals surface area (Å²) in [5, 5.41) is 14.5. The molecular weight excluding hydrogens is 491 g/mol. The molecule has 0 saturated heterocycles. The molecular formula is C29H41FN2O4S. The molecule has 0 aromatic heterocycles. The number of aliphatic hydroxyl groups excluding tert-OH is 1. The smallest absolute Gasteiger partial charge is 0.243 e. The Hall–Kier alpha value is -2.29. The fourth-order valence-electron chi connectivity index (χ4n) is 5.19. The standard InChI is InChI=1S/C29H41FN2O4S/c1-3-29(17-11-6-12-18-29)28(34)31-26(19-24-13-7-4-8-14-24)27(33)22-32(21-23(2)20-30)37(35,36)25-15-9-5-10-16-25/h4-5,7-10,13-16,23,26-27,33H,3,6,11-12,17-22H2,1-2H3,(H,31,34)/t23?,26-,27+/m0/s1. The van der Waals surface area contributed by atoms with Crippen LogP contribution in [0.1, 0.15) is 57.9 Å². The van der Waals surface area contributed by atoms with E-state index in [4.69, 9.17) is 0 Å². The molecule has 1 amide bonds. The number of aliphatic hydroxyl groups is 1. The summed E-state index contributed by atoms with van der Waals surface area (Å²) in [6.45, 7) is 2.66. The third-order valence-corrected chi connectivity index (χ3v) is 9.44. The van der Waals surface area contributed by atoms with E-state index in [1.807, 2.05) is 37.3 Å². The van der Waals surface area contributed by atoms with Crippen molar-refractivity contribution in [2.45, 2.75) is 75.8 Å². The van der Waals surface area contributed by atoms with Gasteiger partial charge in [0, 0.05) is 18.5 Å². The maximum Gasteiger partial charge on any atom is 0.243 e. The summed E-state index contributed by atoms with van der Waals surface area (Å²) in [7, 11) is -3.98. The Morgan fingerprint density at radius 1 is 1.03 bits per heavy atom. The van der Waals surface area contributed by atoms with Crippen molar-refractivity contribution >= 4 is 15.9 Å². The largest absolute Gasteiger partial charge is 0.390 e. The van der Waals surface area contributed by atoms with E-state index >= 15 is 0 Å². The van der Waals surface area contributed by atoms with Crippen molar-refractivity contribution in [3.8, 4) is 0 Å². The van der Waals surface area contributed by atoms with Crippen LogP contribution in [0.5, 0.6) is 0 Å². The van der Waals surface area contributed by atoms with E-state index in [9.17, 15) is 22.7 Å². The molecule has 204 valence electrons. The summed E-state index contributed by atoms with van der Waals surface area (Å²) in [5.41, 5.74) is 0.460. The van der Waals surface area contributed by atoms with E-state index in [2.05, 4.69) is 5.32 Å². The molecule has 8 heteroatoms. The van der Waals surface area contributed by atoms with Gasteiger partial charge >= 0.3 is 0 Å². The minimum Gasteiger partial charge on any atom is -0.390 e. The molecule has 2 aromatic rings. The molecule has 1 saturated carbocycles. The highest BCUT2D eigenvalue weighted by Gasteiger charge is 2.40. The highest BCUT2D eigenvalue weighted by atomic mass is 32.2. The van der Waals surface area contributed by atoms with E-state index in [1.54, 1.807) is 25.1 Å². The molecule has 1 unspecified atom stereocenters. The van der Waals surface area contributed by atoms with Gasteiger partial charge in [0.05, 0.1) is 23.7 Å². The zero-order valence-electron chi connectivity index (χ0n) is 22.0. The van der Waals surface area contributed by atoms with Gasteiger partial charge in [0.15, 0.2) is 0 Å². The lowest BCUT2D eigenvalue weighted by Gasteiger charge is -2.38. The van der Waals surface area contributed by atoms with Crippen LogP contribution in [0.15, 0.2) is 65.6 Å². The lowest BCUT2D eigenvalue weighted by atomic mass is 9.71. The maximum absolute atomic E-state index is 13.6. The third kappa shape index (κ3) is 7.62. The topological polar surface area (TPSA) is 86.7 Å². The van der Waals surface area contributed by atoms with Gasteiger partial charge in [0.25, 0.3) is 0 Å². The fourth-order valence-corrected chi connectivity index (χ4v) is 6.79. The quantitative estimate of drug-likeness (QED) is 0.390. The number of carbonyl (C=O) groups is 1. The van der Waals surface area contributed by atoms with Gasteiger partial charge in [-0.2, -0.15) is 4.31 Å². The lowest BCUT2D eigenvalue weighted by molar-refractivity contribution is -0.135. The molecule has 2 aromatic carbocycles. The monoisotopic (exact) mass is 532 g/mol. The van der Waals surface area contributed by atoms with Gasteiger partial charge in [-0.1, -0.05) is 81.6 Å². The summed E-state index contributed by atoms with van der Waals surface area (Å²) in [6, 6.07) is 16.8. The Morgan fingerprint density at radius 3 is 2.19 bits per heavy atom. The number of amides is 1. The predicted molar refractivity (Wildman–Crippen MR) is 144 cm³/mol. The van der Waals surface area contributed by atoms with Crippen molar-refractivity contribution in [3.05, 3.63) is 66.2 Å². The third-order valence-electron chi connectivity index (χ3n) is 7.60. The Balaban J connectivity index is 1.88. The maximum atomic E-state index is 13.6.